The summed E-state index contributed by atoms with van der Waals surface area (Å²) in [5.74, 6) is -0.0310. The van der Waals surface area contributed by atoms with Crippen LogP contribution in [0.25, 0.3) is 0 Å². The van der Waals surface area contributed by atoms with Crippen LogP contribution in [0.2, 0.25) is 5.21 Å². The Balaban J connectivity index is 2.61. The highest BCUT2D eigenvalue weighted by atomic mass is 16.7. The highest BCUT2D eigenvalue weighted by Gasteiger charge is 2.52. The van der Waals surface area contributed by atoms with Crippen molar-refractivity contribution in [3.8, 4) is 0 Å². The standard InChI is InChI=1S/C6H4B6N2O2/c7-4(8)1-2(16-13-3(1)15)5(9,10)14-6(4,11)12/h3,13-15H. The predicted octanol–water partition coefficient (Wildman–Crippen LogP) is -3.87. The average Bonchev–Trinajstić information content (AvgIpc) is 2.44. The van der Waals surface area contributed by atoms with Crippen LogP contribution in [-0.2, 0) is 4.84 Å². The molecule has 1 atom stereocenters. The van der Waals surface area contributed by atoms with Gasteiger partial charge in [0.2, 0.25) is 0 Å². The van der Waals surface area contributed by atoms with Crippen molar-refractivity contribution in [1.82, 2.24) is 10.8 Å². The number of aliphatic hydroxyl groups excluding tert-OH is 1. The minimum atomic E-state index is -1.80. The molecule has 0 fully saturated rings. The minimum absolute atomic E-state index is 0.0150. The van der Waals surface area contributed by atoms with Crippen molar-refractivity contribution in [2.45, 2.75) is 22.1 Å². The molecule has 0 aromatic carbocycles. The van der Waals surface area contributed by atoms with Crippen molar-refractivity contribution in [3.63, 3.8) is 0 Å². The lowest BCUT2D eigenvalue weighted by atomic mass is 9.28. The number of nitrogens with one attached hydrogen (secondary N) is 2. The molecule has 2 heterocycles. The van der Waals surface area contributed by atoms with Crippen LogP contribution < -0.4 is 10.8 Å². The van der Waals surface area contributed by atoms with E-state index in [0.717, 1.165) is 0 Å². The van der Waals surface area contributed by atoms with Gasteiger partial charge in [-0.3, -0.25) is 0 Å². The first-order chi connectivity index (χ1) is 7.09. The molecule has 0 amide bonds. The fourth-order valence-electron chi connectivity index (χ4n) is 1.80. The van der Waals surface area contributed by atoms with E-state index in [0.29, 0.717) is 0 Å². The topological polar surface area (TPSA) is 53.5 Å². The zero-order valence-corrected chi connectivity index (χ0v) is 8.40. The molecule has 2 aliphatic heterocycles. The van der Waals surface area contributed by atoms with Crippen LogP contribution >= 0.6 is 0 Å². The van der Waals surface area contributed by atoms with Crippen molar-refractivity contribution < 1.29 is 9.94 Å². The zero-order chi connectivity index (χ0) is 12.4. The van der Waals surface area contributed by atoms with Gasteiger partial charge in [-0.2, -0.15) is 0 Å². The number of hydroxylamine groups is 1. The Hall–Kier alpha value is -0.190. The van der Waals surface area contributed by atoms with Crippen LogP contribution in [0.15, 0.2) is 11.3 Å². The minimum Gasteiger partial charge on any atom is -0.410 e. The first-order valence-corrected chi connectivity index (χ1v) is 4.48. The van der Waals surface area contributed by atoms with Gasteiger partial charge in [0.1, 0.15) is 5.76 Å². The van der Waals surface area contributed by atoms with Crippen LogP contribution in [0.5, 0.6) is 0 Å². The third-order valence-electron chi connectivity index (χ3n) is 2.71. The second kappa shape index (κ2) is 3.18. The van der Waals surface area contributed by atoms with Gasteiger partial charge >= 0.3 is 0 Å². The molecule has 0 bridgehead atoms. The lowest BCUT2D eigenvalue weighted by Crippen LogP contribution is -2.70. The Bertz CT molecular complexity index is 368. The van der Waals surface area contributed by atoms with E-state index < -0.39 is 22.1 Å². The summed E-state index contributed by atoms with van der Waals surface area (Å²) < 4.78 is 0. The van der Waals surface area contributed by atoms with E-state index in [2.05, 4.69) is 10.8 Å². The molecule has 4 nitrogen and oxygen atoms in total. The molecule has 16 heavy (non-hydrogen) atoms. The maximum atomic E-state index is 9.62. The van der Waals surface area contributed by atoms with Crippen LogP contribution in [0.3, 0.4) is 0 Å². The van der Waals surface area contributed by atoms with Crippen molar-refractivity contribution in [1.29, 1.82) is 0 Å². The number of hydrogen-bond acceptors (Lipinski definition) is 4. The summed E-state index contributed by atoms with van der Waals surface area (Å²) in [4.78, 5) is 4.91. The molecule has 0 aromatic rings. The maximum Gasteiger partial charge on any atom is 0.161 e. The molecular weight excluding hydrogens is 197 g/mol. The molecule has 2 rings (SSSR count). The fourth-order valence-corrected chi connectivity index (χ4v) is 1.80. The fraction of sp³-hybridized carbons (Fsp3) is 0.667. The van der Waals surface area contributed by atoms with Crippen molar-refractivity contribution in [2.24, 2.45) is 0 Å². The Morgan fingerprint density at radius 1 is 1.12 bits per heavy atom. The molecule has 12 radical (unpaired) electrons. The Labute approximate surface area is 102 Å². The third-order valence-corrected chi connectivity index (χ3v) is 2.71. The SMILES string of the molecule is [B]C1([B])NC([B])([B])C([B])([B])C2=C1ONC2O. The van der Waals surface area contributed by atoms with Gasteiger partial charge in [-0.15, -0.1) is 5.48 Å². The average molecular weight is 201 g/mol. The van der Waals surface area contributed by atoms with E-state index in [1.165, 1.54) is 0 Å². The summed E-state index contributed by atoms with van der Waals surface area (Å²) in [5, 5.41) is 6.82. The lowest BCUT2D eigenvalue weighted by molar-refractivity contribution is 0.0287. The van der Waals surface area contributed by atoms with E-state index >= 15 is 0 Å². The number of rotatable bonds is 0. The molecule has 3 N–H and O–H groups in total. The largest absolute Gasteiger partial charge is 0.410 e. The van der Waals surface area contributed by atoms with Gasteiger partial charge in [0.15, 0.2) is 6.23 Å². The summed E-state index contributed by atoms with van der Waals surface area (Å²) in [6, 6.07) is 0. The number of hydrogen-bond donors (Lipinski definition) is 3. The molecule has 10 heteroatoms. The quantitative estimate of drug-likeness (QED) is 0.351. The lowest BCUT2D eigenvalue weighted by Gasteiger charge is -2.55. The Morgan fingerprint density at radius 3 is 2.25 bits per heavy atom. The van der Waals surface area contributed by atoms with Crippen LogP contribution in [0, 0.1) is 0 Å². The second-order valence-corrected chi connectivity index (χ2v) is 4.10. The van der Waals surface area contributed by atoms with Gasteiger partial charge in [0.25, 0.3) is 0 Å². The first kappa shape index (κ1) is 12.3. The molecule has 2 aliphatic rings. The second-order valence-electron chi connectivity index (χ2n) is 4.10. The van der Waals surface area contributed by atoms with E-state index in [4.69, 9.17) is 51.9 Å². The monoisotopic (exact) mass is 202 g/mol. The van der Waals surface area contributed by atoms with Gasteiger partial charge in [-0.05, 0) is 5.34 Å². The third kappa shape index (κ3) is 1.43. The summed E-state index contributed by atoms with van der Waals surface area (Å²) in [6.45, 7) is 0. The van der Waals surface area contributed by atoms with Crippen molar-refractivity contribution in [2.75, 3.05) is 0 Å². The van der Waals surface area contributed by atoms with Gasteiger partial charge in [-0.25, -0.2) is 0 Å². The Morgan fingerprint density at radius 2 is 1.69 bits per heavy atom. The predicted molar refractivity (Wildman–Crippen MR) is 63.1 cm³/mol. The highest BCUT2D eigenvalue weighted by Crippen LogP contribution is 2.47. The van der Waals surface area contributed by atoms with E-state index in [1.807, 2.05) is 0 Å². The molecule has 0 aliphatic carbocycles. The molecule has 0 aromatic heterocycles. The summed E-state index contributed by atoms with van der Waals surface area (Å²) in [5.41, 5.74) is 2.24. The maximum absolute atomic E-state index is 9.62. The normalized spacial score (nSPS) is 34.2. The van der Waals surface area contributed by atoms with Gasteiger partial charge in [-0.1, -0.05) is 10.6 Å². The van der Waals surface area contributed by atoms with Gasteiger partial charge < -0.3 is 15.3 Å². The van der Waals surface area contributed by atoms with E-state index in [-0.39, 0.29) is 11.3 Å². The first-order valence-electron chi connectivity index (χ1n) is 4.48. The summed E-state index contributed by atoms with van der Waals surface area (Å²) >= 11 is 0. The zero-order valence-electron chi connectivity index (χ0n) is 8.40. The van der Waals surface area contributed by atoms with Crippen LogP contribution in [0.1, 0.15) is 0 Å². The van der Waals surface area contributed by atoms with Gasteiger partial charge in [0, 0.05) is 5.57 Å². The highest BCUT2D eigenvalue weighted by molar-refractivity contribution is 6.57. The Kier molecular flexibility index (Phi) is 2.44. The van der Waals surface area contributed by atoms with Gasteiger partial charge in [0.05, 0.1) is 47.1 Å². The van der Waals surface area contributed by atoms with Crippen LogP contribution in [0.4, 0.5) is 0 Å². The summed E-state index contributed by atoms with van der Waals surface area (Å²) in [7, 11) is 34.3. The smallest absolute Gasteiger partial charge is 0.161 e. The summed E-state index contributed by atoms with van der Waals surface area (Å²) in [6.07, 6.45) is -1.27. The van der Waals surface area contributed by atoms with E-state index in [9.17, 15) is 5.11 Å². The number of aliphatic hydroxyl groups is 1. The molecule has 1 unspecified atom stereocenters. The molecular formula is C6H4B6N2O2. The molecule has 0 saturated carbocycles. The van der Waals surface area contributed by atoms with Crippen LogP contribution in [-0.4, -0.2) is 69.1 Å². The molecule has 0 spiro atoms. The molecule has 68 valence electrons. The molecule has 0 saturated heterocycles. The van der Waals surface area contributed by atoms with Crippen molar-refractivity contribution in [3.05, 3.63) is 11.3 Å². The van der Waals surface area contributed by atoms with E-state index in [1.54, 1.807) is 0 Å². The van der Waals surface area contributed by atoms with Crippen molar-refractivity contribution >= 4 is 47.1 Å².